The number of unbranched alkanes of at least 4 members (excludes halogenated alkanes) is 9. The van der Waals surface area contributed by atoms with Gasteiger partial charge in [-0.2, -0.15) is 5.26 Å². The molecule has 1 aromatic rings. The van der Waals surface area contributed by atoms with Crippen molar-refractivity contribution in [1.82, 2.24) is 4.98 Å². The number of pyridine rings is 1. The Balaban J connectivity index is 1.70. The quantitative estimate of drug-likeness (QED) is 0.205. The van der Waals surface area contributed by atoms with Gasteiger partial charge in [0.05, 0.1) is 11.5 Å². The molecule has 0 amide bonds. The van der Waals surface area contributed by atoms with E-state index in [0.29, 0.717) is 5.69 Å². The summed E-state index contributed by atoms with van der Waals surface area (Å²) in [5, 5.41) is 9.76. The molecule has 0 bridgehead atoms. The van der Waals surface area contributed by atoms with Crippen LogP contribution in [0.1, 0.15) is 133 Å². The summed E-state index contributed by atoms with van der Waals surface area (Å²) < 4.78 is 5.74. The summed E-state index contributed by atoms with van der Waals surface area (Å²) in [4.78, 5) is 16.9. The van der Waals surface area contributed by atoms with Crippen molar-refractivity contribution in [1.29, 1.82) is 5.26 Å². The third kappa shape index (κ3) is 9.31. The summed E-state index contributed by atoms with van der Waals surface area (Å²) in [6, 6.07) is 6.41. The summed E-state index contributed by atoms with van der Waals surface area (Å²) in [6.07, 6.45) is 20.8. The minimum atomic E-state index is -0.329. The monoisotopic (exact) mass is 440 g/mol. The molecule has 0 spiro atoms. The van der Waals surface area contributed by atoms with Crippen LogP contribution in [0.5, 0.6) is 0 Å². The van der Waals surface area contributed by atoms with Crippen LogP contribution in [0.25, 0.3) is 0 Å². The molecule has 0 aliphatic heterocycles. The lowest BCUT2D eigenvalue weighted by Crippen LogP contribution is -2.31. The summed E-state index contributed by atoms with van der Waals surface area (Å²) >= 11 is 0. The van der Waals surface area contributed by atoms with Crippen molar-refractivity contribution >= 4 is 5.97 Å². The highest BCUT2D eigenvalue weighted by Crippen LogP contribution is 2.41. The zero-order valence-electron chi connectivity index (χ0n) is 20.5. The SMILES string of the molecule is CCCCCCCCc1ccc(C(=O)OC2CCC(C#N)(CCCCCCC)CC2)nc1. The van der Waals surface area contributed by atoms with Crippen LogP contribution >= 0.6 is 0 Å². The molecule has 2 rings (SSSR count). The van der Waals surface area contributed by atoms with Crippen molar-refractivity contribution in [3.63, 3.8) is 0 Å². The second kappa shape index (κ2) is 15.0. The fourth-order valence-corrected chi connectivity index (χ4v) is 4.76. The molecular formula is C28H44N2O2. The van der Waals surface area contributed by atoms with Crippen LogP contribution in [-0.4, -0.2) is 17.1 Å². The average molecular weight is 441 g/mol. The summed E-state index contributed by atoms with van der Waals surface area (Å²) in [5.41, 5.74) is 1.36. The van der Waals surface area contributed by atoms with Gasteiger partial charge < -0.3 is 4.74 Å². The highest BCUT2D eigenvalue weighted by atomic mass is 16.5. The van der Waals surface area contributed by atoms with Gasteiger partial charge in [-0.1, -0.05) is 84.1 Å². The highest BCUT2D eigenvalue weighted by molar-refractivity contribution is 5.87. The van der Waals surface area contributed by atoms with E-state index >= 15 is 0 Å². The van der Waals surface area contributed by atoms with Crippen molar-refractivity contribution < 1.29 is 9.53 Å². The first-order valence-electron chi connectivity index (χ1n) is 13.2. The Bertz CT molecular complexity index is 684. The van der Waals surface area contributed by atoms with E-state index in [0.717, 1.165) is 44.9 Å². The molecule has 0 N–H and O–H groups in total. The number of hydrogen-bond donors (Lipinski definition) is 0. The van der Waals surface area contributed by atoms with E-state index in [1.54, 1.807) is 6.07 Å². The molecule has 0 aromatic carbocycles. The van der Waals surface area contributed by atoms with Crippen LogP contribution < -0.4 is 0 Å². The zero-order valence-corrected chi connectivity index (χ0v) is 20.5. The van der Waals surface area contributed by atoms with Gasteiger partial charge in [-0.25, -0.2) is 9.78 Å². The van der Waals surface area contributed by atoms with Gasteiger partial charge in [-0.3, -0.25) is 0 Å². The predicted molar refractivity (Wildman–Crippen MR) is 130 cm³/mol. The van der Waals surface area contributed by atoms with Crippen molar-refractivity contribution in [3.05, 3.63) is 29.6 Å². The molecule has 0 radical (unpaired) electrons. The predicted octanol–water partition coefficient (Wildman–Crippen LogP) is 7.95. The molecule has 1 saturated carbocycles. The first kappa shape index (κ1) is 26.4. The van der Waals surface area contributed by atoms with E-state index in [4.69, 9.17) is 4.74 Å². The summed E-state index contributed by atoms with van der Waals surface area (Å²) in [7, 11) is 0. The lowest BCUT2D eigenvalue weighted by atomic mass is 9.71. The van der Waals surface area contributed by atoms with E-state index in [2.05, 4.69) is 24.9 Å². The lowest BCUT2D eigenvalue weighted by Gasteiger charge is -2.34. The Morgan fingerprint density at radius 2 is 1.62 bits per heavy atom. The van der Waals surface area contributed by atoms with Gasteiger partial charge in [0.2, 0.25) is 0 Å². The molecule has 1 aromatic heterocycles. The number of carbonyl (C=O) groups is 1. The highest BCUT2D eigenvalue weighted by Gasteiger charge is 2.36. The number of rotatable bonds is 15. The van der Waals surface area contributed by atoms with Crippen molar-refractivity contribution in [2.45, 2.75) is 129 Å². The molecule has 1 heterocycles. The Labute approximate surface area is 196 Å². The van der Waals surface area contributed by atoms with Gasteiger partial charge >= 0.3 is 5.97 Å². The molecule has 178 valence electrons. The van der Waals surface area contributed by atoms with Crippen molar-refractivity contribution in [2.75, 3.05) is 0 Å². The largest absolute Gasteiger partial charge is 0.458 e. The Morgan fingerprint density at radius 1 is 1.00 bits per heavy atom. The van der Waals surface area contributed by atoms with E-state index < -0.39 is 0 Å². The molecule has 4 heteroatoms. The molecular weight excluding hydrogens is 396 g/mol. The fourth-order valence-electron chi connectivity index (χ4n) is 4.76. The van der Waals surface area contributed by atoms with Gasteiger partial charge in [-0.15, -0.1) is 0 Å². The van der Waals surface area contributed by atoms with Gasteiger partial charge in [0.1, 0.15) is 11.8 Å². The van der Waals surface area contributed by atoms with E-state index in [1.165, 1.54) is 69.8 Å². The van der Waals surface area contributed by atoms with Gasteiger partial charge in [0.15, 0.2) is 0 Å². The summed E-state index contributed by atoms with van der Waals surface area (Å²) in [6.45, 7) is 4.46. The van der Waals surface area contributed by atoms with Crippen LogP contribution in [0.4, 0.5) is 0 Å². The number of nitriles is 1. The number of aromatic nitrogens is 1. The standard InChI is InChI=1S/C28H44N2O2/c1-3-5-7-9-10-12-14-24-15-16-26(30-22-24)27(31)32-25-17-20-28(23-29,21-18-25)19-13-11-8-6-4-2/h15-16,22,25H,3-14,17-21H2,1-2H3. The van der Waals surface area contributed by atoms with E-state index in [-0.39, 0.29) is 17.5 Å². The van der Waals surface area contributed by atoms with Crippen molar-refractivity contribution in [3.8, 4) is 6.07 Å². The molecule has 1 aliphatic rings. The van der Waals surface area contributed by atoms with Crippen LogP contribution in [0, 0.1) is 16.7 Å². The maximum Gasteiger partial charge on any atom is 0.357 e. The minimum absolute atomic E-state index is 0.0892. The number of aryl methyl sites for hydroxylation is 1. The number of esters is 1. The first-order valence-corrected chi connectivity index (χ1v) is 13.2. The maximum absolute atomic E-state index is 12.5. The Hall–Kier alpha value is -1.89. The second-order valence-corrected chi connectivity index (χ2v) is 9.73. The van der Waals surface area contributed by atoms with Crippen LogP contribution in [0.15, 0.2) is 18.3 Å². The molecule has 4 nitrogen and oxygen atoms in total. The lowest BCUT2D eigenvalue weighted by molar-refractivity contribution is 0.00985. The molecule has 1 aliphatic carbocycles. The molecule has 0 atom stereocenters. The fraction of sp³-hybridized carbons (Fsp3) is 0.750. The number of ether oxygens (including phenoxy) is 1. The normalized spacial score (nSPS) is 20.6. The first-order chi connectivity index (χ1) is 15.6. The van der Waals surface area contributed by atoms with E-state index in [9.17, 15) is 10.1 Å². The average Bonchev–Trinajstić information content (AvgIpc) is 2.83. The van der Waals surface area contributed by atoms with Crippen LogP contribution in [-0.2, 0) is 11.2 Å². The third-order valence-corrected chi connectivity index (χ3v) is 7.01. The molecule has 1 fully saturated rings. The molecule has 32 heavy (non-hydrogen) atoms. The topological polar surface area (TPSA) is 63.0 Å². The summed E-state index contributed by atoms with van der Waals surface area (Å²) in [5.74, 6) is -0.329. The zero-order chi connectivity index (χ0) is 23.1. The smallest absolute Gasteiger partial charge is 0.357 e. The van der Waals surface area contributed by atoms with Gasteiger partial charge in [0.25, 0.3) is 0 Å². The van der Waals surface area contributed by atoms with Crippen LogP contribution in [0.3, 0.4) is 0 Å². The number of carbonyl (C=O) groups excluding carboxylic acids is 1. The Morgan fingerprint density at radius 3 is 2.22 bits per heavy atom. The third-order valence-electron chi connectivity index (χ3n) is 7.01. The molecule has 0 saturated heterocycles. The van der Waals surface area contributed by atoms with Gasteiger partial charge in [-0.05, 0) is 56.6 Å². The minimum Gasteiger partial charge on any atom is -0.458 e. The number of nitrogens with zero attached hydrogens (tertiary/aromatic N) is 2. The number of hydrogen-bond acceptors (Lipinski definition) is 4. The van der Waals surface area contributed by atoms with E-state index in [1.807, 2.05) is 12.3 Å². The second-order valence-electron chi connectivity index (χ2n) is 9.73. The van der Waals surface area contributed by atoms with Gasteiger partial charge in [0, 0.05) is 6.20 Å². The molecule has 0 unspecified atom stereocenters. The maximum atomic E-state index is 12.5. The Kier molecular flexibility index (Phi) is 12.4. The van der Waals surface area contributed by atoms with Crippen molar-refractivity contribution in [2.24, 2.45) is 5.41 Å². The van der Waals surface area contributed by atoms with Crippen LogP contribution in [0.2, 0.25) is 0 Å².